The predicted octanol–water partition coefficient (Wildman–Crippen LogP) is 1.07. The lowest BCUT2D eigenvalue weighted by molar-refractivity contribution is 0.191. The number of pyridine rings is 1. The first kappa shape index (κ1) is 15.9. The van der Waals surface area contributed by atoms with Crippen LogP contribution in [0.5, 0.6) is 0 Å². The summed E-state index contributed by atoms with van der Waals surface area (Å²) in [6.45, 7) is 3.81. The van der Waals surface area contributed by atoms with E-state index in [0.29, 0.717) is 13.2 Å². The summed E-state index contributed by atoms with van der Waals surface area (Å²) in [4.78, 5) is 6.75. The fraction of sp³-hybridized carbons (Fsp3) is 0.643. The van der Waals surface area contributed by atoms with Gasteiger partial charge in [0, 0.05) is 40.1 Å². The molecule has 19 heavy (non-hydrogen) atoms. The molecule has 5 heteroatoms. The van der Waals surface area contributed by atoms with Gasteiger partial charge in [0.15, 0.2) is 0 Å². The van der Waals surface area contributed by atoms with Crippen LogP contribution in [0.15, 0.2) is 18.3 Å². The predicted molar refractivity (Wildman–Crippen MR) is 77.6 cm³/mol. The van der Waals surface area contributed by atoms with Gasteiger partial charge in [-0.25, -0.2) is 4.98 Å². The summed E-state index contributed by atoms with van der Waals surface area (Å²) in [5.41, 5.74) is 6.85. The zero-order valence-electron chi connectivity index (χ0n) is 12.0. The van der Waals surface area contributed by atoms with Gasteiger partial charge < -0.3 is 20.1 Å². The SMILES string of the molecule is COCCCN(CCOC)c1ncccc1CCN. The zero-order valence-corrected chi connectivity index (χ0v) is 12.0. The third-order valence-corrected chi connectivity index (χ3v) is 2.92. The Morgan fingerprint density at radius 2 is 2.00 bits per heavy atom. The van der Waals surface area contributed by atoms with E-state index in [-0.39, 0.29) is 0 Å². The fourth-order valence-corrected chi connectivity index (χ4v) is 1.99. The van der Waals surface area contributed by atoms with Gasteiger partial charge in [0.25, 0.3) is 0 Å². The van der Waals surface area contributed by atoms with Crippen molar-refractivity contribution in [2.45, 2.75) is 12.8 Å². The minimum atomic E-state index is 0.634. The summed E-state index contributed by atoms with van der Waals surface area (Å²) in [5.74, 6) is 1.01. The lowest BCUT2D eigenvalue weighted by atomic mass is 10.1. The van der Waals surface area contributed by atoms with Crippen LogP contribution in [0.25, 0.3) is 0 Å². The maximum Gasteiger partial charge on any atom is 0.131 e. The van der Waals surface area contributed by atoms with E-state index in [4.69, 9.17) is 15.2 Å². The number of aromatic nitrogens is 1. The molecule has 0 atom stereocenters. The molecule has 1 rings (SSSR count). The van der Waals surface area contributed by atoms with Gasteiger partial charge in [-0.15, -0.1) is 0 Å². The van der Waals surface area contributed by atoms with Crippen molar-refractivity contribution in [2.24, 2.45) is 5.73 Å². The second-order valence-corrected chi connectivity index (χ2v) is 4.35. The molecule has 0 unspecified atom stereocenters. The summed E-state index contributed by atoms with van der Waals surface area (Å²) in [6, 6.07) is 4.05. The summed E-state index contributed by atoms with van der Waals surface area (Å²) < 4.78 is 10.3. The summed E-state index contributed by atoms with van der Waals surface area (Å²) in [7, 11) is 3.44. The molecule has 0 aliphatic carbocycles. The van der Waals surface area contributed by atoms with Crippen LogP contribution < -0.4 is 10.6 Å². The molecule has 0 amide bonds. The molecule has 0 aliphatic heterocycles. The Labute approximate surface area is 115 Å². The van der Waals surface area contributed by atoms with Crippen molar-refractivity contribution in [1.29, 1.82) is 0 Å². The lowest BCUT2D eigenvalue weighted by Gasteiger charge is -2.25. The highest BCUT2D eigenvalue weighted by molar-refractivity contribution is 5.46. The van der Waals surface area contributed by atoms with Crippen molar-refractivity contribution < 1.29 is 9.47 Å². The number of methoxy groups -OCH3 is 2. The van der Waals surface area contributed by atoms with E-state index in [1.165, 1.54) is 5.56 Å². The highest BCUT2D eigenvalue weighted by Crippen LogP contribution is 2.17. The van der Waals surface area contributed by atoms with Crippen LogP contribution in [0.4, 0.5) is 5.82 Å². The number of hydrogen-bond donors (Lipinski definition) is 1. The molecule has 0 aliphatic rings. The number of nitrogens with zero attached hydrogens (tertiary/aromatic N) is 2. The van der Waals surface area contributed by atoms with Crippen molar-refractivity contribution in [3.63, 3.8) is 0 Å². The first-order chi connectivity index (χ1) is 9.33. The molecule has 0 saturated heterocycles. The van der Waals surface area contributed by atoms with Gasteiger partial charge in [0.05, 0.1) is 6.61 Å². The van der Waals surface area contributed by atoms with Gasteiger partial charge in [0.1, 0.15) is 5.82 Å². The number of anilines is 1. The molecule has 5 nitrogen and oxygen atoms in total. The molecule has 0 radical (unpaired) electrons. The Kier molecular flexibility index (Phi) is 8.13. The molecule has 2 N–H and O–H groups in total. The molecule has 0 fully saturated rings. The molecule has 0 spiro atoms. The zero-order chi connectivity index (χ0) is 13.9. The lowest BCUT2D eigenvalue weighted by Crippen LogP contribution is -2.31. The molecule has 1 heterocycles. The van der Waals surface area contributed by atoms with Gasteiger partial charge in [-0.3, -0.25) is 0 Å². The third-order valence-electron chi connectivity index (χ3n) is 2.92. The Morgan fingerprint density at radius 3 is 2.68 bits per heavy atom. The summed E-state index contributed by atoms with van der Waals surface area (Å²) in [5, 5.41) is 0. The molecular formula is C14H25N3O2. The van der Waals surface area contributed by atoms with Crippen molar-refractivity contribution in [2.75, 3.05) is 52.0 Å². The van der Waals surface area contributed by atoms with Crippen LogP contribution in [-0.4, -0.2) is 52.1 Å². The van der Waals surface area contributed by atoms with Crippen LogP contribution in [0.2, 0.25) is 0 Å². The minimum absolute atomic E-state index is 0.634. The maximum atomic E-state index is 5.66. The Hall–Kier alpha value is -1.17. The molecule has 0 bridgehead atoms. The average molecular weight is 267 g/mol. The normalized spacial score (nSPS) is 10.7. The quantitative estimate of drug-likeness (QED) is 0.643. The monoisotopic (exact) mass is 267 g/mol. The second kappa shape index (κ2) is 9.72. The Balaban J connectivity index is 2.76. The first-order valence-corrected chi connectivity index (χ1v) is 6.70. The van der Waals surface area contributed by atoms with Crippen molar-refractivity contribution in [3.05, 3.63) is 23.9 Å². The van der Waals surface area contributed by atoms with Crippen molar-refractivity contribution in [1.82, 2.24) is 4.98 Å². The van der Waals surface area contributed by atoms with Gasteiger partial charge >= 0.3 is 0 Å². The fourth-order valence-electron chi connectivity index (χ4n) is 1.99. The van der Waals surface area contributed by atoms with E-state index in [0.717, 1.165) is 38.4 Å². The van der Waals surface area contributed by atoms with Gasteiger partial charge in [-0.05, 0) is 31.0 Å². The molecule has 108 valence electrons. The van der Waals surface area contributed by atoms with E-state index in [9.17, 15) is 0 Å². The van der Waals surface area contributed by atoms with E-state index in [1.807, 2.05) is 12.3 Å². The smallest absolute Gasteiger partial charge is 0.131 e. The Bertz CT molecular complexity index is 347. The van der Waals surface area contributed by atoms with Gasteiger partial charge in [0.2, 0.25) is 0 Å². The van der Waals surface area contributed by atoms with Crippen LogP contribution >= 0.6 is 0 Å². The summed E-state index contributed by atoms with van der Waals surface area (Å²) >= 11 is 0. The largest absolute Gasteiger partial charge is 0.385 e. The Morgan fingerprint density at radius 1 is 1.21 bits per heavy atom. The maximum absolute atomic E-state index is 5.66. The highest BCUT2D eigenvalue weighted by atomic mass is 16.5. The van der Waals surface area contributed by atoms with Crippen LogP contribution in [0.1, 0.15) is 12.0 Å². The number of nitrogens with two attached hydrogens (primary N) is 1. The van der Waals surface area contributed by atoms with E-state index < -0.39 is 0 Å². The highest BCUT2D eigenvalue weighted by Gasteiger charge is 2.11. The molecule has 1 aromatic heterocycles. The van der Waals surface area contributed by atoms with E-state index >= 15 is 0 Å². The minimum Gasteiger partial charge on any atom is -0.385 e. The molecule has 1 aromatic rings. The number of ether oxygens (including phenoxy) is 2. The summed E-state index contributed by atoms with van der Waals surface area (Å²) in [6.07, 6.45) is 3.64. The van der Waals surface area contributed by atoms with Crippen LogP contribution in [-0.2, 0) is 15.9 Å². The number of rotatable bonds is 10. The molecule has 0 saturated carbocycles. The second-order valence-electron chi connectivity index (χ2n) is 4.35. The number of hydrogen-bond acceptors (Lipinski definition) is 5. The third kappa shape index (κ3) is 5.55. The van der Waals surface area contributed by atoms with E-state index in [2.05, 4.69) is 16.0 Å². The van der Waals surface area contributed by atoms with Gasteiger partial charge in [-0.1, -0.05) is 6.07 Å². The van der Waals surface area contributed by atoms with Crippen LogP contribution in [0.3, 0.4) is 0 Å². The van der Waals surface area contributed by atoms with Crippen molar-refractivity contribution >= 4 is 5.82 Å². The van der Waals surface area contributed by atoms with Crippen LogP contribution in [0, 0.1) is 0 Å². The van der Waals surface area contributed by atoms with E-state index in [1.54, 1.807) is 14.2 Å². The first-order valence-electron chi connectivity index (χ1n) is 6.70. The standard InChI is InChI=1S/C14H25N3O2/c1-18-11-4-9-17(10-12-19-2)14-13(6-7-15)5-3-8-16-14/h3,5,8H,4,6-7,9-12,15H2,1-2H3. The van der Waals surface area contributed by atoms with Crippen molar-refractivity contribution in [3.8, 4) is 0 Å². The molecular weight excluding hydrogens is 242 g/mol. The topological polar surface area (TPSA) is 60.6 Å². The average Bonchev–Trinajstić information content (AvgIpc) is 2.44. The molecule has 0 aromatic carbocycles. The van der Waals surface area contributed by atoms with Gasteiger partial charge in [-0.2, -0.15) is 0 Å².